The Bertz CT molecular complexity index is 2970. The SMILES string of the molecule is c1ccc(-c2cc3c4ccc5c6ccccc6n(c6cccc(c6)n6c7ccccc7c7ccc(cc76)c3cc2-c2ccccc2)c5c4)cc1. The second-order valence-electron chi connectivity index (χ2n) is 13.4. The number of hydrogen-bond donors (Lipinski definition) is 0. The summed E-state index contributed by atoms with van der Waals surface area (Å²) in [6.45, 7) is 0. The lowest BCUT2D eigenvalue weighted by atomic mass is 9.90. The van der Waals surface area contributed by atoms with E-state index in [0.717, 1.165) is 11.0 Å². The fourth-order valence-corrected chi connectivity index (χ4v) is 8.39. The number of hydrogen-bond acceptors (Lipinski definition) is 0. The van der Waals surface area contributed by atoms with Crippen molar-refractivity contribution in [2.45, 2.75) is 0 Å². The molecular formula is C48H30N2. The maximum Gasteiger partial charge on any atom is 0.0547 e. The molecule has 8 aromatic carbocycles. The van der Waals surface area contributed by atoms with Gasteiger partial charge < -0.3 is 8.80 Å². The summed E-state index contributed by atoms with van der Waals surface area (Å²) in [7, 11) is 0. The first-order valence-electron chi connectivity index (χ1n) is 17.3. The predicted octanol–water partition coefficient (Wildman–Crippen LogP) is 13.0. The van der Waals surface area contributed by atoms with Crippen LogP contribution in [0.1, 0.15) is 0 Å². The average Bonchev–Trinajstić information content (AvgIpc) is 3.70. The molecule has 0 spiro atoms. The highest BCUT2D eigenvalue weighted by Crippen LogP contribution is 2.40. The average molecular weight is 635 g/mol. The summed E-state index contributed by atoms with van der Waals surface area (Å²) >= 11 is 0. The Hall–Kier alpha value is -6.64. The van der Waals surface area contributed by atoms with E-state index >= 15 is 0 Å². The van der Waals surface area contributed by atoms with E-state index in [1.807, 2.05) is 0 Å². The molecule has 232 valence electrons. The number of benzene rings is 8. The van der Waals surface area contributed by atoms with Crippen LogP contribution < -0.4 is 0 Å². The number of rotatable bonds is 2. The van der Waals surface area contributed by atoms with Crippen LogP contribution >= 0.6 is 0 Å². The number of para-hydroxylation sites is 2. The van der Waals surface area contributed by atoms with Gasteiger partial charge in [0.2, 0.25) is 0 Å². The molecule has 11 aromatic rings. The van der Waals surface area contributed by atoms with Gasteiger partial charge in [0.15, 0.2) is 0 Å². The van der Waals surface area contributed by atoms with Crippen LogP contribution in [0.25, 0.3) is 98.4 Å². The van der Waals surface area contributed by atoms with Crippen molar-refractivity contribution in [3.05, 3.63) is 182 Å². The summed E-state index contributed by atoms with van der Waals surface area (Å²) in [6.07, 6.45) is 0. The lowest BCUT2D eigenvalue weighted by Crippen LogP contribution is -1.88. The fourth-order valence-electron chi connectivity index (χ4n) is 8.39. The van der Waals surface area contributed by atoms with Gasteiger partial charge in [-0.1, -0.05) is 127 Å². The van der Waals surface area contributed by atoms with E-state index in [-0.39, 0.29) is 0 Å². The van der Waals surface area contributed by atoms with E-state index in [9.17, 15) is 0 Å². The van der Waals surface area contributed by atoms with Crippen molar-refractivity contribution in [3.8, 4) is 22.3 Å². The Morgan fingerprint density at radius 3 is 1.16 bits per heavy atom. The summed E-state index contributed by atoms with van der Waals surface area (Å²) in [6, 6.07) is 67.3. The molecule has 0 fully saturated rings. The van der Waals surface area contributed by atoms with Crippen LogP contribution in [0.5, 0.6) is 0 Å². The smallest absolute Gasteiger partial charge is 0.0547 e. The molecule has 0 radical (unpaired) electrons. The zero-order chi connectivity index (χ0) is 32.8. The van der Waals surface area contributed by atoms with Gasteiger partial charge in [0, 0.05) is 32.6 Å². The van der Waals surface area contributed by atoms with Crippen molar-refractivity contribution in [2.75, 3.05) is 0 Å². The molecule has 3 heterocycles. The molecule has 2 nitrogen and oxygen atoms in total. The molecule has 3 aromatic heterocycles. The largest absolute Gasteiger partial charge is 0.309 e. The Balaban J connectivity index is 1.45. The first kappa shape index (κ1) is 27.3. The Morgan fingerprint density at radius 1 is 0.260 bits per heavy atom. The van der Waals surface area contributed by atoms with E-state index in [1.165, 1.54) is 87.4 Å². The molecule has 6 bridgehead atoms. The molecule has 2 heteroatoms. The van der Waals surface area contributed by atoms with Gasteiger partial charge in [-0.2, -0.15) is 0 Å². The molecule has 0 saturated heterocycles. The van der Waals surface area contributed by atoms with Crippen molar-refractivity contribution in [2.24, 2.45) is 0 Å². The van der Waals surface area contributed by atoms with Gasteiger partial charge in [0.1, 0.15) is 0 Å². The van der Waals surface area contributed by atoms with Crippen molar-refractivity contribution in [3.63, 3.8) is 0 Å². The van der Waals surface area contributed by atoms with Gasteiger partial charge in [-0.15, -0.1) is 0 Å². The summed E-state index contributed by atoms with van der Waals surface area (Å²) in [5.74, 6) is 0. The lowest BCUT2D eigenvalue weighted by Gasteiger charge is -2.14. The molecule has 0 aliphatic heterocycles. The van der Waals surface area contributed by atoms with Gasteiger partial charge in [-0.25, -0.2) is 0 Å². The third-order valence-electron chi connectivity index (χ3n) is 10.6. The Kier molecular flexibility index (Phi) is 5.70. The normalized spacial score (nSPS) is 12.0. The van der Waals surface area contributed by atoms with Gasteiger partial charge in [0.05, 0.1) is 22.1 Å². The zero-order valence-corrected chi connectivity index (χ0v) is 27.2. The van der Waals surface area contributed by atoms with Gasteiger partial charge >= 0.3 is 0 Å². The van der Waals surface area contributed by atoms with Crippen LogP contribution in [-0.4, -0.2) is 8.80 Å². The summed E-state index contributed by atoms with van der Waals surface area (Å²) < 4.78 is 4.90. The second kappa shape index (κ2) is 10.4. The molecule has 0 unspecified atom stereocenters. The summed E-state index contributed by atoms with van der Waals surface area (Å²) in [5, 5.41) is 9.86. The molecule has 0 aliphatic carbocycles. The number of fused-ring (bicyclic) bond motifs is 15. The zero-order valence-electron chi connectivity index (χ0n) is 27.2. The maximum atomic E-state index is 2.45. The van der Waals surface area contributed by atoms with Crippen molar-refractivity contribution in [1.82, 2.24) is 8.80 Å². The highest BCUT2D eigenvalue weighted by Gasteiger charge is 2.15. The van der Waals surface area contributed by atoms with Crippen molar-refractivity contribution in [1.29, 1.82) is 0 Å². The third-order valence-corrected chi connectivity index (χ3v) is 10.6. The minimum absolute atomic E-state index is 1.15. The molecule has 0 saturated carbocycles. The summed E-state index contributed by atoms with van der Waals surface area (Å²) in [5.41, 5.74) is 12.0. The quantitative estimate of drug-likeness (QED) is 0.179. The second-order valence-corrected chi connectivity index (χ2v) is 13.4. The Labute approximate surface area is 288 Å². The van der Waals surface area contributed by atoms with E-state index < -0.39 is 0 Å². The molecule has 11 rings (SSSR count). The first-order chi connectivity index (χ1) is 24.8. The molecule has 0 amide bonds. The highest BCUT2D eigenvalue weighted by atomic mass is 14.9. The fraction of sp³-hybridized carbons (Fsp3) is 0. The monoisotopic (exact) mass is 634 g/mol. The molecule has 0 atom stereocenters. The van der Waals surface area contributed by atoms with Crippen LogP contribution in [0.3, 0.4) is 0 Å². The van der Waals surface area contributed by atoms with Crippen LogP contribution in [0, 0.1) is 0 Å². The maximum absolute atomic E-state index is 2.45. The van der Waals surface area contributed by atoms with Gasteiger partial charge in [0.25, 0.3) is 0 Å². The highest BCUT2D eigenvalue weighted by molar-refractivity contribution is 6.17. The van der Waals surface area contributed by atoms with Gasteiger partial charge in [-0.3, -0.25) is 0 Å². The molecule has 50 heavy (non-hydrogen) atoms. The Morgan fingerprint density at radius 2 is 0.680 bits per heavy atom. The van der Waals surface area contributed by atoms with Crippen molar-refractivity contribution < 1.29 is 0 Å². The topological polar surface area (TPSA) is 8.82 Å². The predicted molar refractivity (Wildman–Crippen MR) is 213 cm³/mol. The number of aromatic nitrogens is 2. The van der Waals surface area contributed by atoms with Crippen LogP contribution in [-0.2, 0) is 0 Å². The van der Waals surface area contributed by atoms with E-state index in [0.29, 0.717) is 0 Å². The molecule has 0 N–H and O–H groups in total. The number of nitrogens with zero attached hydrogens (tertiary/aromatic N) is 2. The standard InChI is InChI=1S/C48H30N2/c1-3-12-31(13-4-1)41-29-43-33-22-24-39-37-18-7-9-20-45(37)49(47(39)26-33)35-16-11-17-36(28-35)50-46-21-10-8-19-38(46)40-25-23-34(27-48(40)50)44(43)30-42(41)32-14-5-2-6-15-32/h1-30H. The minimum Gasteiger partial charge on any atom is -0.309 e. The van der Waals surface area contributed by atoms with Crippen molar-refractivity contribution >= 4 is 76.2 Å². The molecule has 0 aliphatic rings. The van der Waals surface area contributed by atoms with Crippen LogP contribution in [0.4, 0.5) is 0 Å². The minimum atomic E-state index is 1.15. The van der Waals surface area contributed by atoms with E-state index in [2.05, 4.69) is 191 Å². The third kappa shape index (κ3) is 3.90. The molecular weight excluding hydrogens is 605 g/mol. The van der Waals surface area contributed by atoms with Gasteiger partial charge in [-0.05, 0) is 98.4 Å². The van der Waals surface area contributed by atoms with E-state index in [4.69, 9.17) is 0 Å². The van der Waals surface area contributed by atoms with Crippen LogP contribution in [0.15, 0.2) is 182 Å². The lowest BCUT2D eigenvalue weighted by molar-refractivity contribution is 1.31. The van der Waals surface area contributed by atoms with E-state index in [1.54, 1.807) is 0 Å². The summed E-state index contributed by atoms with van der Waals surface area (Å²) in [4.78, 5) is 0. The van der Waals surface area contributed by atoms with Crippen LogP contribution in [0.2, 0.25) is 0 Å². The first-order valence-corrected chi connectivity index (χ1v) is 17.3.